The molecule has 0 aliphatic carbocycles. The fourth-order valence-corrected chi connectivity index (χ4v) is 2.94. The quantitative estimate of drug-likeness (QED) is 0.846. The third-order valence-corrected chi connectivity index (χ3v) is 3.98. The average molecular weight is 304 g/mol. The van der Waals surface area contributed by atoms with Crippen LogP contribution in [0.25, 0.3) is 0 Å². The fourth-order valence-electron chi connectivity index (χ4n) is 2.94. The molecular weight excluding hydrogens is 276 g/mol. The summed E-state index contributed by atoms with van der Waals surface area (Å²) in [6, 6.07) is 6.22. The molecule has 0 saturated carbocycles. The zero-order valence-electron chi connectivity index (χ0n) is 14.2. The predicted octanol–water partition coefficient (Wildman–Crippen LogP) is 3.77. The van der Waals surface area contributed by atoms with Gasteiger partial charge in [-0.15, -0.1) is 0 Å². The summed E-state index contributed by atoms with van der Waals surface area (Å²) >= 11 is 0. The molecule has 1 aromatic carbocycles. The molecule has 4 nitrogen and oxygen atoms in total. The van der Waals surface area contributed by atoms with Gasteiger partial charge in [0.05, 0.1) is 0 Å². The molecule has 1 fully saturated rings. The van der Waals surface area contributed by atoms with Gasteiger partial charge in [0.25, 0.3) is 0 Å². The SMILES string of the molecule is Cc1ccc(CC2CCCN(C(=O)OC(C)(C)C)C2)c(N)c1. The van der Waals surface area contributed by atoms with Crippen LogP contribution in [0.5, 0.6) is 0 Å². The average Bonchev–Trinajstić information content (AvgIpc) is 2.40. The molecule has 1 saturated heterocycles. The first kappa shape index (κ1) is 16.7. The van der Waals surface area contributed by atoms with Crippen molar-refractivity contribution in [2.45, 2.75) is 52.6 Å². The van der Waals surface area contributed by atoms with Gasteiger partial charge in [0.1, 0.15) is 5.60 Å². The Bertz CT molecular complexity index is 534. The van der Waals surface area contributed by atoms with Crippen molar-refractivity contribution in [2.24, 2.45) is 5.92 Å². The third-order valence-electron chi connectivity index (χ3n) is 3.98. The molecule has 0 spiro atoms. The Hall–Kier alpha value is -1.71. The van der Waals surface area contributed by atoms with Gasteiger partial charge >= 0.3 is 6.09 Å². The topological polar surface area (TPSA) is 55.6 Å². The molecule has 0 radical (unpaired) electrons. The zero-order chi connectivity index (χ0) is 16.3. The number of carbonyl (C=O) groups is 1. The number of carbonyl (C=O) groups excluding carboxylic acids is 1. The smallest absolute Gasteiger partial charge is 0.410 e. The van der Waals surface area contributed by atoms with Crippen molar-refractivity contribution in [1.29, 1.82) is 0 Å². The molecule has 0 bridgehead atoms. The minimum absolute atomic E-state index is 0.200. The van der Waals surface area contributed by atoms with E-state index in [1.807, 2.05) is 38.7 Å². The van der Waals surface area contributed by atoms with Gasteiger partial charge in [-0.05, 0) is 70.1 Å². The van der Waals surface area contributed by atoms with E-state index in [1.165, 1.54) is 11.1 Å². The zero-order valence-corrected chi connectivity index (χ0v) is 14.2. The molecule has 22 heavy (non-hydrogen) atoms. The molecule has 2 N–H and O–H groups in total. The monoisotopic (exact) mass is 304 g/mol. The van der Waals surface area contributed by atoms with E-state index in [1.54, 1.807) is 0 Å². The summed E-state index contributed by atoms with van der Waals surface area (Å²) in [4.78, 5) is 14.0. The predicted molar refractivity (Wildman–Crippen MR) is 89.8 cm³/mol. The summed E-state index contributed by atoms with van der Waals surface area (Å²) < 4.78 is 5.48. The van der Waals surface area contributed by atoms with Crippen molar-refractivity contribution in [3.63, 3.8) is 0 Å². The van der Waals surface area contributed by atoms with Gasteiger partial charge in [0, 0.05) is 18.8 Å². The number of rotatable bonds is 2. The van der Waals surface area contributed by atoms with E-state index in [-0.39, 0.29) is 6.09 Å². The third kappa shape index (κ3) is 4.65. The Labute approximate surface area is 133 Å². The first-order valence-electron chi connectivity index (χ1n) is 8.07. The summed E-state index contributed by atoms with van der Waals surface area (Å²) in [5.74, 6) is 0.450. The van der Waals surface area contributed by atoms with E-state index in [4.69, 9.17) is 10.5 Å². The van der Waals surface area contributed by atoms with E-state index in [2.05, 4.69) is 12.1 Å². The maximum absolute atomic E-state index is 12.2. The molecule has 1 aliphatic heterocycles. The summed E-state index contributed by atoms with van der Waals surface area (Å²) in [5.41, 5.74) is 8.89. The van der Waals surface area contributed by atoms with Crippen LogP contribution in [0.15, 0.2) is 18.2 Å². The number of likely N-dealkylation sites (tertiary alicyclic amines) is 1. The minimum atomic E-state index is -0.439. The number of hydrogen-bond acceptors (Lipinski definition) is 3. The van der Waals surface area contributed by atoms with Crippen molar-refractivity contribution >= 4 is 11.8 Å². The number of nitrogens with two attached hydrogens (primary N) is 1. The Kier molecular flexibility index (Phi) is 4.99. The number of ether oxygens (including phenoxy) is 1. The summed E-state index contributed by atoms with van der Waals surface area (Å²) in [6.45, 7) is 9.29. The summed E-state index contributed by atoms with van der Waals surface area (Å²) in [5, 5.41) is 0. The van der Waals surface area contributed by atoms with Gasteiger partial charge in [-0.25, -0.2) is 4.79 Å². The van der Waals surface area contributed by atoms with E-state index >= 15 is 0 Å². The fraction of sp³-hybridized carbons (Fsp3) is 0.611. The van der Waals surface area contributed by atoms with Crippen LogP contribution >= 0.6 is 0 Å². The van der Waals surface area contributed by atoms with Gasteiger partial charge in [-0.2, -0.15) is 0 Å². The van der Waals surface area contributed by atoms with E-state index in [0.29, 0.717) is 5.92 Å². The maximum Gasteiger partial charge on any atom is 0.410 e. The lowest BCUT2D eigenvalue weighted by molar-refractivity contribution is 0.0166. The lowest BCUT2D eigenvalue weighted by Gasteiger charge is -2.34. The highest BCUT2D eigenvalue weighted by Gasteiger charge is 2.27. The number of amides is 1. The van der Waals surface area contributed by atoms with Crippen molar-refractivity contribution in [3.8, 4) is 0 Å². The second-order valence-electron chi connectivity index (χ2n) is 7.34. The second-order valence-corrected chi connectivity index (χ2v) is 7.34. The second kappa shape index (κ2) is 6.59. The Balaban J connectivity index is 1.97. The van der Waals surface area contributed by atoms with Crippen molar-refractivity contribution < 1.29 is 9.53 Å². The van der Waals surface area contributed by atoms with Crippen molar-refractivity contribution in [2.75, 3.05) is 18.8 Å². The van der Waals surface area contributed by atoms with Crippen LogP contribution < -0.4 is 5.73 Å². The van der Waals surface area contributed by atoms with Gasteiger partial charge in [-0.1, -0.05) is 12.1 Å². The highest BCUT2D eigenvalue weighted by molar-refractivity contribution is 5.68. The van der Waals surface area contributed by atoms with Crippen LogP contribution in [0.1, 0.15) is 44.7 Å². The minimum Gasteiger partial charge on any atom is -0.444 e. The molecule has 1 heterocycles. The van der Waals surface area contributed by atoms with Crippen molar-refractivity contribution in [1.82, 2.24) is 4.90 Å². The van der Waals surface area contributed by atoms with Gasteiger partial charge in [0.2, 0.25) is 0 Å². The number of aryl methyl sites for hydroxylation is 1. The van der Waals surface area contributed by atoms with Crippen LogP contribution in [0, 0.1) is 12.8 Å². The molecule has 1 unspecified atom stereocenters. The highest BCUT2D eigenvalue weighted by Crippen LogP contribution is 2.25. The summed E-state index contributed by atoms with van der Waals surface area (Å²) in [6.07, 6.45) is 2.88. The normalized spacial score (nSPS) is 19.1. The Morgan fingerprint density at radius 2 is 2.14 bits per heavy atom. The van der Waals surface area contributed by atoms with Crippen LogP contribution in [0.4, 0.5) is 10.5 Å². The standard InChI is InChI=1S/C18H28N2O2/c1-13-7-8-15(16(19)10-13)11-14-6-5-9-20(12-14)17(21)22-18(2,3)4/h7-8,10,14H,5-6,9,11-12,19H2,1-4H3. The molecule has 1 amide bonds. The van der Waals surface area contributed by atoms with Gasteiger partial charge in [0.15, 0.2) is 0 Å². The number of piperidine rings is 1. The van der Waals surface area contributed by atoms with Crippen LogP contribution in [0.2, 0.25) is 0 Å². The Morgan fingerprint density at radius 3 is 2.77 bits per heavy atom. The summed E-state index contributed by atoms with van der Waals surface area (Å²) in [7, 11) is 0. The molecule has 0 aromatic heterocycles. The van der Waals surface area contributed by atoms with Gasteiger partial charge in [-0.3, -0.25) is 0 Å². The lowest BCUT2D eigenvalue weighted by atomic mass is 9.90. The number of nitrogens with zero attached hydrogens (tertiary/aromatic N) is 1. The molecule has 2 rings (SSSR count). The first-order valence-corrected chi connectivity index (χ1v) is 8.07. The molecule has 1 atom stereocenters. The van der Waals surface area contributed by atoms with Crippen molar-refractivity contribution in [3.05, 3.63) is 29.3 Å². The van der Waals surface area contributed by atoms with Crippen LogP contribution in [-0.4, -0.2) is 29.7 Å². The van der Waals surface area contributed by atoms with E-state index in [9.17, 15) is 4.79 Å². The van der Waals surface area contributed by atoms with Gasteiger partial charge < -0.3 is 15.4 Å². The number of anilines is 1. The Morgan fingerprint density at radius 1 is 1.41 bits per heavy atom. The lowest BCUT2D eigenvalue weighted by Crippen LogP contribution is -2.43. The number of hydrogen-bond donors (Lipinski definition) is 1. The van der Waals surface area contributed by atoms with E-state index < -0.39 is 5.60 Å². The largest absolute Gasteiger partial charge is 0.444 e. The first-order chi connectivity index (χ1) is 10.2. The van der Waals surface area contributed by atoms with Crippen LogP contribution in [-0.2, 0) is 11.2 Å². The number of nitrogen functional groups attached to an aromatic ring is 1. The van der Waals surface area contributed by atoms with Crippen LogP contribution in [0.3, 0.4) is 0 Å². The van der Waals surface area contributed by atoms with E-state index in [0.717, 1.165) is 38.0 Å². The molecular formula is C18H28N2O2. The molecule has 1 aromatic rings. The highest BCUT2D eigenvalue weighted by atomic mass is 16.6. The molecule has 1 aliphatic rings. The molecule has 4 heteroatoms. The molecule has 122 valence electrons. The number of benzene rings is 1. The maximum atomic E-state index is 12.2.